The first-order valence-corrected chi connectivity index (χ1v) is 45.1. The van der Waals surface area contributed by atoms with Gasteiger partial charge in [0.1, 0.15) is 90.3 Å². The number of carbonyl (C=O) groups is 18. The van der Waals surface area contributed by atoms with Gasteiger partial charge in [0, 0.05) is 125 Å². The van der Waals surface area contributed by atoms with Crippen molar-refractivity contribution in [3.63, 3.8) is 0 Å². The van der Waals surface area contributed by atoms with Crippen LogP contribution < -0.4 is 64.6 Å². The Balaban J connectivity index is 1.09. The van der Waals surface area contributed by atoms with Crippen LogP contribution in [-0.2, 0) is 112 Å². The summed E-state index contributed by atoms with van der Waals surface area (Å²) in [7, 11) is 3.82. The van der Waals surface area contributed by atoms with Crippen LogP contribution in [0.15, 0.2) is 97.7 Å². The lowest BCUT2D eigenvalue weighted by Gasteiger charge is -2.36. The molecule has 3 fully saturated rings. The number of unbranched alkanes of at least 4 members (excludes halogenated alkanes) is 2. The first-order chi connectivity index (χ1) is 63.4. The Morgan fingerprint density at radius 2 is 1.08 bits per heavy atom. The quantitative estimate of drug-likeness (QED) is 0.0265. The van der Waals surface area contributed by atoms with Gasteiger partial charge in [0.15, 0.2) is 0 Å². The molecule has 0 saturated carbocycles. The highest BCUT2D eigenvalue weighted by atomic mass is 32.2. The number of phenols is 1. The van der Waals surface area contributed by atoms with Crippen molar-refractivity contribution >= 4 is 140 Å². The Morgan fingerprint density at radius 3 is 1.67 bits per heavy atom. The predicted molar refractivity (Wildman–Crippen MR) is 480 cm³/mol. The van der Waals surface area contributed by atoms with Gasteiger partial charge in [-0.1, -0.05) is 88.1 Å². The highest BCUT2D eigenvalue weighted by molar-refractivity contribution is 8.00. The van der Waals surface area contributed by atoms with Crippen LogP contribution in [0.25, 0.3) is 21.8 Å². The molecular formula is C88H119N21O23S. The number of amides is 16. The van der Waals surface area contributed by atoms with Crippen LogP contribution in [0.5, 0.6) is 5.75 Å². The number of aliphatic hydroxyl groups excluding tert-OH is 2. The number of thioether (sulfide) groups is 1. The topological polar surface area (TPSA) is 657 Å². The second-order valence-corrected chi connectivity index (χ2v) is 34.3. The number of carboxylic acid groups (broad SMARTS) is 2. The maximum atomic E-state index is 15.7. The van der Waals surface area contributed by atoms with Gasteiger partial charge in [-0.25, -0.2) is 4.98 Å². The van der Waals surface area contributed by atoms with Crippen molar-refractivity contribution in [3.8, 4) is 5.75 Å². The van der Waals surface area contributed by atoms with Crippen molar-refractivity contribution in [3.05, 3.63) is 120 Å². The first kappa shape index (κ1) is 103. The van der Waals surface area contributed by atoms with E-state index in [0.717, 1.165) is 36.3 Å². The van der Waals surface area contributed by atoms with Crippen LogP contribution in [0.1, 0.15) is 127 Å². The normalized spacial score (nSPS) is 24.9. The van der Waals surface area contributed by atoms with Crippen LogP contribution in [0.4, 0.5) is 0 Å². The smallest absolute Gasteiger partial charge is 0.305 e. The largest absolute Gasteiger partial charge is 0.508 e. The summed E-state index contributed by atoms with van der Waals surface area (Å²) in [5, 5.41) is 79.9. The number of para-hydroxylation sites is 2. The molecule has 3 aromatic carbocycles. The Bertz CT molecular complexity index is 5170. The number of aromatic nitrogens is 4. The summed E-state index contributed by atoms with van der Waals surface area (Å²) in [6.45, 7) is 1.93. The maximum absolute atomic E-state index is 15.7. The minimum atomic E-state index is -1.95. The molecule has 133 heavy (non-hydrogen) atoms. The molecule has 3 aliphatic rings. The summed E-state index contributed by atoms with van der Waals surface area (Å²) < 4.78 is 0. The number of carbonyl (C=O) groups excluding carboxylic acids is 16. The molecule has 6 aromatic rings. The highest BCUT2D eigenvalue weighted by Crippen LogP contribution is 2.28. The molecule has 15 atom stereocenters. The minimum absolute atomic E-state index is 0.0175. The number of fused-ring (bicyclic) bond motifs is 4. The number of hydrogen-bond donors (Lipinski definition) is 20. The summed E-state index contributed by atoms with van der Waals surface area (Å²) in [4.78, 5) is 279. The molecule has 3 aliphatic heterocycles. The number of H-pyrrole nitrogens is 3. The minimum Gasteiger partial charge on any atom is -0.508 e. The molecule has 0 aliphatic carbocycles. The van der Waals surface area contributed by atoms with E-state index in [2.05, 4.69) is 73.1 Å². The molecule has 3 aromatic heterocycles. The number of imidazole rings is 1. The SMILES string of the molecule is CCCC[C@H]1C(=O)N(C)[C@@H](CCCC)C(=O)N[C@@H](CCN)C(=O)N[C@H](C(=O)NCC(N)=O)CSCC(=O)N[C@@H](Cc2ccc(O)cc2)C(=O)N(C)[C@@H](C)C(=O)N[C@@H](CC(=O)O)C(=O)N2CCC[C@H]2C(=O)N[C@@H](Cc2cnc[nH]2)C(=O)N[C@@H](CCC(=O)O)C(=O)N2C[C@H](O)C[C@H]2C(=O)N[C@@H](Cc2c[nH]c3ccccc23)C(=O)N[C@@H](CO)C(=O)N[C@@H](Cc2c[nH]c3ccccc23)C(=O)N1C. The molecular weight excluding hydrogens is 1750 g/mol. The number of hydrogen-bond acceptors (Lipinski definition) is 24. The zero-order valence-corrected chi connectivity index (χ0v) is 75.5. The summed E-state index contributed by atoms with van der Waals surface area (Å²) in [5.41, 5.74) is 14.2. The van der Waals surface area contributed by atoms with Gasteiger partial charge in [-0.05, 0) is 92.9 Å². The number of carboxylic acids is 2. The van der Waals surface area contributed by atoms with Gasteiger partial charge in [-0.15, -0.1) is 11.8 Å². The molecule has 0 unspecified atom stereocenters. The highest BCUT2D eigenvalue weighted by Gasteiger charge is 2.47. The van der Waals surface area contributed by atoms with Crippen LogP contribution in [0.3, 0.4) is 0 Å². The number of primary amides is 1. The number of phenolic OH excluding ortho intramolecular Hbond substituents is 1. The molecule has 6 heterocycles. The lowest BCUT2D eigenvalue weighted by Crippen LogP contribution is -2.62. The van der Waals surface area contributed by atoms with E-state index < -0.39 is 260 Å². The summed E-state index contributed by atoms with van der Waals surface area (Å²) in [6, 6.07) is -3.72. The van der Waals surface area contributed by atoms with Crippen LogP contribution in [0.2, 0.25) is 0 Å². The molecule has 720 valence electrons. The van der Waals surface area contributed by atoms with Gasteiger partial charge in [0.25, 0.3) is 0 Å². The van der Waals surface area contributed by atoms with E-state index in [-0.39, 0.29) is 75.9 Å². The second-order valence-electron chi connectivity index (χ2n) is 33.3. The van der Waals surface area contributed by atoms with Gasteiger partial charge in [0.05, 0.1) is 37.8 Å². The molecule has 22 N–H and O–H groups in total. The van der Waals surface area contributed by atoms with E-state index in [4.69, 9.17) is 11.5 Å². The van der Waals surface area contributed by atoms with Crippen molar-refractivity contribution in [2.24, 2.45) is 11.5 Å². The molecule has 45 heteroatoms. The zero-order valence-electron chi connectivity index (χ0n) is 74.7. The molecule has 3 saturated heterocycles. The summed E-state index contributed by atoms with van der Waals surface area (Å²) >= 11 is 0.746. The van der Waals surface area contributed by atoms with Gasteiger partial charge in [0.2, 0.25) is 94.5 Å². The fourth-order valence-corrected chi connectivity index (χ4v) is 17.1. The molecule has 0 radical (unpaired) electrons. The third kappa shape index (κ3) is 28.2. The first-order valence-electron chi connectivity index (χ1n) is 44.0. The van der Waals surface area contributed by atoms with E-state index in [1.165, 1.54) is 64.9 Å². The molecule has 44 nitrogen and oxygen atoms in total. The second kappa shape index (κ2) is 49.1. The summed E-state index contributed by atoms with van der Waals surface area (Å²) in [5.74, 6) is -20.4. The number of nitrogens with zero attached hydrogens (tertiary/aromatic N) is 6. The zero-order chi connectivity index (χ0) is 97.0. The van der Waals surface area contributed by atoms with E-state index >= 15 is 33.6 Å². The van der Waals surface area contributed by atoms with E-state index in [1.54, 1.807) is 60.9 Å². The van der Waals surface area contributed by atoms with Crippen LogP contribution in [0, 0.1) is 0 Å². The molecule has 0 spiro atoms. The number of nitrogens with two attached hydrogens (primary N) is 2. The van der Waals surface area contributed by atoms with Crippen LogP contribution in [-0.4, -0.2) is 333 Å². The predicted octanol–water partition coefficient (Wildman–Crippen LogP) is -3.43. The van der Waals surface area contributed by atoms with Crippen molar-refractivity contribution in [2.75, 3.05) is 65.4 Å². The number of nitrogens with one attached hydrogen (secondary N) is 13. The Morgan fingerprint density at radius 1 is 0.541 bits per heavy atom. The monoisotopic (exact) mass is 1870 g/mol. The Kier molecular flexibility index (Phi) is 38.1. The van der Waals surface area contributed by atoms with Gasteiger partial charge < -0.3 is 130 Å². The number of aliphatic hydroxyl groups is 2. The lowest BCUT2D eigenvalue weighted by molar-refractivity contribution is -0.149. The lowest BCUT2D eigenvalue weighted by atomic mass is 10.00. The number of benzene rings is 3. The number of aliphatic carboxylic acids is 2. The fourth-order valence-electron chi connectivity index (χ4n) is 16.2. The molecule has 16 amide bonds. The number of rotatable bonds is 25. The van der Waals surface area contributed by atoms with Gasteiger partial charge in [-0.3, -0.25) is 86.3 Å². The van der Waals surface area contributed by atoms with E-state index in [1.807, 2.05) is 13.8 Å². The number of aromatic amines is 3. The molecule has 0 bridgehead atoms. The van der Waals surface area contributed by atoms with E-state index in [0.29, 0.717) is 64.2 Å². The van der Waals surface area contributed by atoms with Crippen molar-refractivity contribution in [1.29, 1.82) is 0 Å². The standard InChI is InChI=1S/C88H119N21O23S/c1-7-9-20-67-81(125)97-58(29-30-89)77(121)104-66(76(120)94-41-71(90)113)44-133-45-72(114)96-62(32-48-23-25-52(111)26-24-48)84(128)105(4)47(3)75(119)101-64(37-74(117)118)87(131)108-31-15-22-68(108)82(126)100-61(35-51-40-91-46-95-51)79(123)98-59(27-28-73(115)116)86(130)109-42-53(112)36-70(109)83(127)99-60(33-49-38-92-56-18-13-11-16-54(49)56)78(122)103-65(43-110)80(124)102-63(34-50-39-93-57-19-14-12-17-55(50)57)85(129)107(6)69(21-10-8-2)88(132)106(67)5/h11-14,16-19,23-26,38-40,46-47,53,58-70,92-93,110-112H,7-10,15,20-22,27-37,41-45,89H2,1-6H3,(H2,90,113)(H,91,95)(H,94,120)(H,96,114)(H,97,125)(H,98,123)(H,99,127)(H,100,126)(H,101,119)(H,102,124)(H,103,122)(H,104,121)(H,115,116)(H,117,118)/t47-,53+,58-,59-,60-,61-,62-,63-,64-,65-,66-,67-,68-,69-,70-/m0/s1. The third-order valence-electron chi connectivity index (χ3n) is 23.7. The number of aromatic hydroxyl groups is 1. The Hall–Kier alpha value is -13.6. The average Bonchev–Trinajstić information content (AvgIpc) is 1.66. The third-order valence-corrected chi connectivity index (χ3v) is 24.7. The van der Waals surface area contributed by atoms with E-state index in [9.17, 15) is 78.3 Å². The molecule has 9 rings (SSSR count). The Labute approximate surface area is 769 Å². The van der Waals surface area contributed by atoms with Gasteiger partial charge >= 0.3 is 11.9 Å². The van der Waals surface area contributed by atoms with Gasteiger partial charge in [-0.2, -0.15) is 0 Å². The fraction of sp³-hybridized carbons (Fsp3) is 0.511. The maximum Gasteiger partial charge on any atom is 0.305 e. The number of likely N-dealkylation sites (N-methyl/N-ethyl adjacent to an activating group) is 3. The van der Waals surface area contributed by atoms with Crippen molar-refractivity contribution < 1.29 is 112 Å². The van der Waals surface area contributed by atoms with Crippen molar-refractivity contribution in [1.82, 2.24) is 97.6 Å². The van der Waals surface area contributed by atoms with Crippen molar-refractivity contribution in [2.45, 2.75) is 221 Å². The summed E-state index contributed by atoms with van der Waals surface area (Å²) in [6.07, 6.45) is 1.05. The average molecular weight is 1870 g/mol. The van der Waals surface area contributed by atoms with Crippen LogP contribution >= 0.6 is 11.8 Å².